The first-order valence-corrected chi connectivity index (χ1v) is 6.60. The smallest absolute Gasteiger partial charge is 0.181 e. The second-order valence-electron chi connectivity index (χ2n) is 3.93. The largest absolute Gasteiger partial charge is 0.443 e. The summed E-state index contributed by atoms with van der Waals surface area (Å²) in [6.07, 6.45) is 2.48. The first-order valence-electron chi connectivity index (χ1n) is 5.81. The molecule has 1 N–H and O–H groups in total. The van der Waals surface area contributed by atoms with Crippen molar-refractivity contribution in [2.45, 2.75) is 19.9 Å². The molecule has 1 heterocycles. The van der Waals surface area contributed by atoms with Gasteiger partial charge in [-0.2, -0.15) is 0 Å². The molecular weight excluding hydrogens is 299 g/mol. The average molecular weight is 313 g/mol. The first-order chi connectivity index (χ1) is 8.72. The highest BCUT2D eigenvalue weighted by molar-refractivity contribution is 9.10. The third kappa shape index (κ3) is 2.97. The van der Waals surface area contributed by atoms with Gasteiger partial charge >= 0.3 is 0 Å². The number of halogens is 2. The lowest BCUT2D eigenvalue weighted by Gasteiger charge is -2.04. The Morgan fingerprint density at radius 2 is 2.28 bits per heavy atom. The maximum atomic E-state index is 13.2. The molecule has 0 spiro atoms. The van der Waals surface area contributed by atoms with Crippen molar-refractivity contribution in [2.24, 2.45) is 0 Å². The number of hydrogen-bond acceptors (Lipinski definition) is 3. The Hall–Kier alpha value is -1.20. The van der Waals surface area contributed by atoms with Gasteiger partial charge in [-0.1, -0.05) is 6.92 Å². The number of hydrogen-bond donors (Lipinski definition) is 1. The summed E-state index contributed by atoms with van der Waals surface area (Å²) < 4.78 is 19.0. The Bertz CT molecular complexity index is 527. The zero-order chi connectivity index (χ0) is 13.0. The van der Waals surface area contributed by atoms with Gasteiger partial charge in [-0.05, 0) is 47.1 Å². The van der Waals surface area contributed by atoms with Gasteiger partial charge in [-0.15, -0.1) is 0 Å². The molecule has 2 aromatic rings. The Kier molecular flexibility index (Phi) is 4.49. The third-order valence-corrected chi connectivity index (χ3v) is 3.15. The third-order valence-electron chi connectivity index (χ3n) is 2.54. The van der Waals surface area contributed by atoms with Gasteiger partial charge in [-0.3, -0.25) is 0 Å². The van der Waals surface area contributed by atoms with Crippen molar-refractivity contribution < 1.29 is 8.81 Å². The van der Waals surface area contributed by atoms with E-state index in [0.717, 1.165) is 24.2 Å². The van der Waals surface area contributed by atoms with E-state index in [-0.39, 0.29) is 5.82 Å². The molecule has 0 atom stereocenters. The van der Waals surface area contributed by atoms with Gasteiger partial charge in [0.05, 0.1) is 4.47 Å². The average Bonchev–Trinajstić information content (AvgIpc) is 2.81. The molecule has 0 unspecified atom stereocenters. The zero-order valence-corrected chi connectivity index (χ0v) is 11.6. The summed E-state index contributed by atoms with van der Waals surface area (Å²) in [6.45, 7) is 3.68. The van der Waals surface area contributed by atoms with E-state index in [2.05, 4.69) is 33.2 Å². The second kappa shape index (κ2) is 6.11. The minimum Gasteiger partial charge on any atom is -0.443 e. The topological polar surface area (TPSA) is 38.1 Å². The summed E-state index contributed by atoms with van der Waals surface area (Å²) >= 11 is 3.17. The van der Waals surface area contributed by atoms with Crippen LogP contribution in [-0.4, -0.2) is 11.5 Å². The van der Waals surface area contributed by atoms with E-state index in [9.17, 15) is 4.39 Å². The lowest BCUT2D eigenvalue weighted by Crippen LogP contribution is -2.14. The van der Waals surface area contributed by atoms with E-state index in [4.69, 9.17) is 4.42 Å². The van der Waals surface area contributed by atoms with E-state index in [0.29, 0.717) is 16.8 Å². The molecule has 0 fully saturated rings. The van der Waals surface area contributed by atoms with Crippen molar-refractivity contribution in [3.8, 4) is 11.3 Å². The number of nitrogens with zero attached hydrogens (tertiary/aromatic N) is 1. The Balaban J connectivity index is 2.22. The molecule has 0 aliphatic carbocycles. The molecule has 0 bridgehead atoms. The zero-order valence-electron chi connectivity index (χ0n) is 10.0. The monoisotopic (exact) mass is 312 g/mol. The highest BCUT2D eigenvalue weighted by atomic mass is 79.9. The van der Waals surface area contributed by atoms with Gasteiger partial charge in [0.1, 0.15) is 11.5 Å². The fourth-order valence-corrected chi connectivity index (χ4v) is 2.03. The van der Waals surface area contributed by atoms with Crippen molar-refractivity contribution in [1.82, 2.24) is 10.3 Å². The molecular formula is C13H14BrFN2O. The normalized spacial score (nSPS) is 10.8. The summed E-state index contributed by atoms with van der Waals surface area (Å²) in [6, 6.07) is 4.79. The van der Waals surface area contributed by atoms with Gasteiger partial charge < -0.3 is 9.73 Å². The van der Waals surface area contributed by atoms with Crippen LogP contribution in [0.25, 0.3) is 11.3 Å². The quantitative estimate of drug-likeness (QED) is 0.855. The highest BCUT2D eigenvalue weighted by Gasteiger charge is 2.11. The van der Waals surface area contributed by atoms with Crippen molar-refractivity contribution >= 4 is 15.9 Å². The molecule has 0 radical (unpaired) electrons. The fraction of sp³-hybridized carbons (Fsp3) is 0.308. The maximum Gasteiger partial charge on any atom is 0.181 e. The Labute approximate surface area is 114 Å². The molecule has 5 heteroatoms. The Morgan fingerprint density at radius 3 is 3.00 bits per heavy atom. The predicted octanol–water partition coefficient (Wildman–Crippen LogP) is 3.74. The van der Waals surface area contributed by atoms with Crippen LogP contribution in [-0.2, 0) is 6.54 Å². The molecule has 0 amide bonds. The second-order valence-corrected chi connectivity index (χ2v) is 4.79. The lowest BCUT2D eigenvalue weighted by atomic mass is 10.1. The van der Waals surface area contributed by atoms with Gasteiger partial charge in [0.25, 0.3) is 0 Å². The number of nitrogens with one attached hydrogen (secondary N) is 1. The van der Waals surface area contributed by atoms with Crippen molar-refractivity contribution in [2.75, 3.05) is 6.54 Å². The van der Waals surface area contributed by atoms with Gasteiger partial charge in [0, 0.05) is 12.1 Å². The fourth-order valence-electron chi connectivity index (χ4n) is 1.65. The molecule has 0 saturated carbocycles. The summed E-state index contributed by atoms with van der Waals surface area (Å²) in [5.74, 6) is 0.392. The van der Waals surface area contributed by atoms with Crippen LogP contribution in [0.2, 0.25) is 0 Å². The molecule has 96 valence electrons. The highest BCUT2D eigenvalue weighted by Crippen LogP contribution is 2.27. The maximum absolute atomic E-state index is 13.2. The summed E-state index contributed by atoms with van der Waals surface area (Å²) in [4.78, 5) is 4.18. The number of aromatic nitrogens is 1. The predicted molar refractivity (Wildman–Crippen MR) is 71.6 cm³/mol. The summed E-state index contributed by atoms with van der Waals surface area (Å²) in [7, 11) is 0. The van der Waals surface area contributed by atoms with Crippen LogP contribution in [0.5, 0.6) is 0 Å². The lowest BCUT2D eigenvalue weighted by molar-refractivity contribution is 0.568. The summed E-state index contributed by atoms with van der Waals surface area (Å²) in [5.41, 5.74) is 1.65. The SMILES string of the molecule is CCCNCc1ncoc1-c1ccc(F)c(Br)c1. The van der Waals surface area contributed by atoms with E-state index in [1.807, 2.05) is 0 Å². The molecule has 0 aliphatic heterocycles. The number of oxazole rings is 1. The molecule has 3 nitrogen and oxygen atoms in total. The minimum atomic E-state index is -0.288. The van der Waals surface area contributed by atoms with E-state index in [1.54, 1.807) is 12.1 Å². The van der Waals surface area contributed by atoms with Gasteiger partial charge in [0.2, 0.25) is 0 Å². The first kappa shape index (κ1) is 13.2. The number of rotatable bonds is 5. The minimum absolute atomic E-state index is 0.288. The van der Waals surface area contributed by atoms with E-state index >= 15 is 0 Å². The molecule has 0 saturated heterocycles. The van der Waals surface area contributed by atoms with Crippen molar-refractivity contribution in [1.29, 1.82) is 0 Å². The standard InChI is InChI=1S/C13H14BrFN2O/c1-2-5-16-7-12-13(18-8-17-12)9-3-4-11(15)10(14)6-9/h3-4,6,8,16H,2,5,7H2,1H3. The molecule has 1 aromatic carbocycles. The van der Waals surface area contributed by atoms with Crippen LogP contribution in [0.1, 0.15) is 19.0 Å². The van der Waals surface area contributed by atoms with Crippen LogP contribution in [0.4, 0.5) is 4.39 Å². The molecule has 2 rings (SSSR count). The van der Waals surface area contributed by atoms with Crippen LogP contribution in [0, 0.1) is 5.82 Å². The van der Waals surface area contributed by atoms with E-state index in [1.165, 1.54) is 12.5 Å². The van der Waals surface area contributed by atoms with Gasteiger partial charge in [0.15, 0.2) is 12.2 Å². The Morgan fingerprint density at radius 1 is 1.44 bits per heavy atom. The van der Waals surface area contributed by atoms with Crippen LogP contribution < -0.4 is 5.32 Å². The van der Waals surface area contributed by atoms with Crippen LogP contribution in [0.3, 0.4) is 0 Å². The van der Waals surface area contributed by atoms with Crippen molar-refractivity contribution in [3.05, 3.63) is 40.6 Å². The van der Waals surface area contributed by atoms with E-state index < -0.39 is 0 Å². The molecule has 0 aliphatic rings. The van der Waals surface area contributed by atoms with Crippen LogP contribution in [0.15, 0.2) is 33.5 Å². The summed E-state index contributed by atoms with van der Waals surface area (Å²) in [5, 5.41) is 3.27. The van der Waals surface area contributed by atoms with Gasteiger partial charge in [-0.25, -0.2) is 9.37 Å². The van der Waals surface area contributed by atoms with Crippen LogP contribution >= 0.6 is 15.9 Å². The molecule has 18 heavy (non-hydrogen) atoms. The van der Waals surface area contributed by atoms with Crippen molar-refractivity contribution in [3.63, 3.8) is 0 Å². The number of benzene rings is 1. The molecule has 1 aromatic heterocycles.